The maximum Gasteiger partial charge on any atom is 0.229 e. The highest BCUT2D eigenvalue weighted by Gasteiger charge is 2.18. The first-order valence-corrected chi connectivity index (χ1v) is 10.2. The maximum atomic E-state index is 12.4. The Morgan fingerprint density at radius 3 is 2.43 bits per heavy atom. The smallest absolute Gasteiger partial charge is 0.229 e. The predicted molar refractivity (Wildman–Crippen MR) is 94.0 cm³/mol. The van der Waals surface area contributed by atoms with Gasteiger partial charge in [-0.3, -0.25) is 9.52 Å². The minimum Gasteiger partial charge on any atom is -0.363 e. The molecule has 0 amide bonds. The quantitative estimate of drug-likeness (QED) is 0.568. The van der Waals surface area contributed by atoms with Gasteiger partial charge in [0.25, 0.3) is 0 Å². The molecule has 0 radical (unpaired) electrons. The van der Waals surface area contributed by atoms with Crippen LogP contribution in [0.3, 0.4) is 0 Å². The standard InChI is InChI=1S/C13H16N4O3S3/c1-8(21-13-16-15-12(14-2)22-13)11(18)9-4-6-10(7-5-9)17-23(3,19)20/h4-8,17H,1-3H3,(H,14,15)/t8-/m1/s1. The molecule has 1 aromatic carbocycles. The second kappa shape index (κ2) is 7.28. The van der Waals surface area contributed by atoms with E-state index < -0.39 is 10.0 Å². The number of hydrogen-bond donors (Lipinski definition) is 2. The average molecular weight is 372 g/mol. The second-order valence-corrected chi connectivity index (χ2v) is 9.01. The Morgan fingerprint density at radius 1 is 1.26 bits per heavy atom. The predicted octanol–water partition coefficient (Wildman–Crippen LogP) is 2.31. The number of thioether (sulfide) groups is 1. The number of hydrogen-bond acceptors (Lipinski definition) is 8. The van der Waals surface area contributed by atoms with Crippen molar-refractivity contribution in [2.75, 3.05) is 23.3 Å². The minimum atomic E-state index is -3.33. The molecule has 0 unspecified atom stereocenters. The highest BCUT2D eigenvalue weighted by molar-refractivity contribution is 8.02. The van der Waals surface area contributed by atoms with E-state index in [1.165, 1.54) is 23.1 Å². The van der Waals surface area contributed by atoms with Gasteiger partial charge < -0.3 is 5.32 Å². The number of aromatic nitrogens is 2. The SMILES string of the molecule is CNc1nnc(S[C@H](C)C(=O)c2ccc(NS(C)(=O)=O)cc2)s1. The van der Waals surface area contributed by atoms with E-state index >= 15 is 0 Å². The Morgan fingerprint density at radius 2 is 1.91 bits per heavy atom. The van der Waals surface area contributed by atoms with Crippen LogP contribution >= 0.6 is 23.1 Å². The molecule has 0 fully saturated rings. The van der Waals surface area contributed by atoms with Gasteiger partial charge in [0.1, 0.15) is 0 Å². The van der Waals surface area contributed by atoms with Gasteiger partial charge in [-0.1, -0.05) is 23.1 Å². The summed E-state index contributed by atoms with van der Waals surface area (Å²) in [6.07, 6.45) is 1.08. The summed E-state index contributed by atoms with van der Waals surface area (Å²) in [5.74, 6) is -0.0536. The van der Waals surface area contributed by atoms with E-state index in [0.29, 0.717) is 20.7 Å². The number of Topliss-reactive ketones (excluding diaryl/α,β-unsaturated/α-hetero) is 1. The molecule has 1 aromatic heterocycles. The van der Waals surface area contributed by atoms with Crippen LogP contribution in [0.15, 0.2) is 28.6 Å². The first-order valence-electron chi connectivity index (χ1n) is 6.58. The molecule has 10 heteroatoms. The minimum absolute atomic E-state index is 0.0536. The van der Waals surface area contributed by atoms with Gasteiger partial charge in [-0.25, -0.2) is 8.42 Å². The zero-order valence-electron chi connectivity index (χ0n) is 12.7. The summed E-state index contributed by atoms with van der Waals surface area (Å²) in [5, 5.41) is 11.2. The summed E-state index contributed by atoms with van der Waals surface area (Å²) in [4.78, 5) is 12.4. The largest absolute Gasteiger partial charge is 0.363 e. The van der Waals surface area contributed by atoms with Gasteiger partial charge in [0.05, 0.1) is 11.5 Å². The lowest BCUT2D eigenvalue weighted by Crippen LogP contribution is -2.14. The molecule has 0 aliphatic carbocycles. The van der Waals surface area contributed by atoms with Crippen molar-refractivity contribution in [3.63, 3.8) is 0 Å². The summed E-state index contributed by atoms with van der Waals surface area (Å²) < 4.78 is 25.4. The molecule has 0 saturated heterocycles. The van der Waals surface area contributed by atoms with Crippen LogP contribution in [0, 0.1) is 0 Å². The van der Waals surface area contributed by atoms with E-state index in [1.807, 2.05) is 0 Å². The van der Waals surface area contributed by atoms with Gasteiger partial charge in [-0.05, 0) is 31.2 Å². The Balaban J connectivity index is 2.04. The number of carbonyl (C=O) groups is 1. The van der Waals surface area contributed by atoms with Gasteiger partial charge in [-0.2, -0.15) is 0 Å². The van der Waals surface area contributed by atoms with Gasteiger partial charge >= 0.3 is 0 Å². The second-order valence-electron chi connectivity index (χ2n) is 4.70. The van der Waals surface area contributed by atoms with E-state index in [2.05, 4.69) is 20.2 Å². The Labute approximate surface area is 143 Å². The van der Waals surface area contributed by atoms with Crippen molar-refractivity contribution in [1.82, 2.24) is 10.2 Å². The maximum absolute atomic E-state index is 12.4. The molecule has 0 aliphatic heterocycles. The van der Waals surface area contributed by atoms with E-state index in [9.17, 15) is 13.2 Å². The van der Waals surface area contributed by atoms with E-state index in [0.717, 1.165) is 6.26 Å². The number of benzene rings is 1. The van der Waals surface area contributed by atoms with Gasteiger partial charge in [-0.15, -0.1) is 10.2 Å². The van der Waals surface area contributed by atoms with Crippen molar-refractivity contribution in [2.45, 2.75) is 16.5 Å². The van der Waals surface area contributed by atoms with Crippen molar-refractivity contribution < 1.29 is 13.2 Å². The Bertz CT molecular complexity index is 787. The topological polar surface area (TPSA) is 101 Å². The van der Waals surface area contributed by atoms with Gasteiger partial charge in [0, 0.05) is 18.3 Å². The van der Waals surface area contributed by atoms with Crippen LogP contribution in [-0.2, 0) is 10.0 Å². The fourth-order valence-electron chi connectivity index (χ4n) is 1.71. The lowest BCUT2D eigenvalue weighted by molar-refractivity contribution is 0.0994. The monoisotopic (exact) mass is 372 g/mol. The van der Waals surface area contributed by atoms with Crippen LogP contribution < -0.4 is 10.0 Å². The Hall–Kier alpha value is -1.65. The lowest BCUT2D eigenvalue weighted by atomic mass is 10.1. The van der Waals surface area contributed by atoms with Crippen molar-refractivity contribution >= 4 is 49.7 Å². The number of rotatable bonds is 7. The fraction of sp³-hybridized carbons (Fsp3) is 0.308. The molecular weight excluding hydrogens is 356 g/mol. The molecule has 7 nitrogen and oxygen atoms in total. The number of carbonyl (C=O) groups excluding carboxylic acids is 1. The van der Waals surface area contributed by atoms with Crippen molar-refractivity contribution in [1.29, 1.82) is 0 Å². The molecule has 0 bridgehead atoms. The normalized spacial score (nSPS) is 12.7. The lowest BCUT2D eigenvalue weighted by Gasteiger charge is -2.09. The number of ketones is 1. The molecule has 1 heterocycles. The summed E-state index contributed by atoms with van der Waals surface area (Å²) in [6, 6.07) is 6.34. The highest BCUT2D eigenvalue weighted by atomic mass is 32.2. The van der Waals surface area contributed by atoms with E-state index in [4.69, 9.17) is 0 Å². The molecule has 23 heavy (non-hydrogen) atoms. The number of anilines is 2. The molecule has 0 spiro atoms. The number of nitrogens with zero attached hydrogens (tertiary/aromatic N) is 2. The summed E-state index contributed by atoms with van der Waals surface area (Å²) >= 11 is 2.72. The van der Waals surface area contributed by atoms with E-state index in [1.54, 1.807) is 38.2 Å². The third kappa shape index (κ3) is 5.19. The molecule has 0 aliphatic rings. The molecule has 1 atom stereocenters. The number of nitrogens with one attached hydrogen (secondary N) is 2. The molecular formula is C13H16N4O3S3. The third-order valence-electron chi connectivity index (χ3n) is 2.74. The van der Waals surface area contributed by atoms with Gasteiger partial charge in [0.2, 0.25) is 15.2 Å². The number of sulfonamides is 1. The molecule has 2 N–H and O–H groups in total. The van der Waals surface area contributed by atoms with Crippen molar-refractivity contribution in [3.05, 3.63) is 29.8 Å². The third-order valence-corrected chi connectivity index (χ3v) is 5.47. The van der Waals surface area contributed by atoms with Crippen molar-refractivity contribution in [2.24, 2.45) is 0 Å². The molecule has 124 valence electrons. The van der Waals surface area contributed by atoms with Crippen LogP contribution in [0.2, 0.25) is 0 Å². The van der Waals surface area contributed by atoms with Crippen LogP contribution in [0.1, 0.15) is 17.3 Å². The first kappa shape index (κ1) is 17.7. The average Bonchev–Trinajstić information content (AvgIpc) is 2.93. The Kier molecular flexibility index (Phi) is 5.60. The van der Waals surface area contributed by atoms with E-state index in [-0.39, 0.29) is 11.0 Å². The zero-order valence-corrected chi connectivity index (χ0v) is 15.2. The summed E-state index contributed by atoms with van der Waals surface area (Å²) in [7, 11) is -1.57. The summed E-state index contributed by atoms with van der Waals surface area (Å²) in [6.45, 7) is 1.80. The molecule has 0 saturated carbocycles. The summed E-state index contributed by atoms with van der Waals surface area (Å²) in [5.41, 5.74) is 0.939. The van der Waals surface area contributed by atoms with Crippen LogP contribution in [0.25, 0.3) is 0 Å². The van der Waals surface area contributed by atoms with Gasteiger partial charge in [0.15, 0.2) is 10.1 Å². The first-order chi connectivity index (χ1) is 10.8. The van der Waals surface area contributed by atoms with Crippen LogP contribution in [0.5, 0.6) is 0 Å². The van der Waals surface area contributed by atoms with Crippen molar-refractivity contribution in [3.8, 4) is 0 Å². The van der Waals surface area contributed by atoms with Crippen LogP contribution in [0.4, 0.5) is 10.8 Å². The fourth-order valence-corrected chi connectivity index (χ4v) is 4.21. The molecule has 2 aromatic rings. The highest BCUT2D eigenvalue weighted by Crippen LogP contribution is 2.30. The van der Waals surface area contributed by atoms with Crippen LogP contribution in [-0.4, -0.2) is 43.0 Å². The molecule has 2 rings (SSSR count). The zero-order chi connectivity index (χ0) is 17.0.